The second kappa shape index (κ2) is 16.0. The smallest absolute Gasteiger partial charge is 0.303 e. The Morgan fingerprint density at radius 2 is 1.00 bits per heavy atom. The van der Waals surface area contributed by atoms with Crippen molar-refractivity contribution in [3.63, 3.8) is 0 Å². The highest BCUT2D eigenvalue weighted by molar-refractivity contribution is 7.46. The van der Waals surface area contributed by atoms with E-state index in [9.17, 15) is 9.13 Å². The van der Waals surface area contributed by atoms with Crippen molar-refractivity contribution in [1.29, 1.82) is 0 Å². The molecule has 9 nitrogen and oxygen atoms in total. The van der Waals surface area contributed by atoms with Gasteiger partial charge in [-0.25, -0.2) is 9.13 Å². The van der Waals surface area contributed by atoms with Crippen LogP contribution in [-0.2, 0) is 18.2 Å². The van der Waals surface area contributed by atoms with Crippen LogP contribution in [0, 0.1) is 0 Å². The van der Waals surface area contributed by atoms with Gasteiger partial charge in [0.25, 0.3) is 0 Å². The molecule has 0 spiro atoms. The Kier molecular flexibility index (Phi) is 16.1. The second-order valence-electron chi connectivity index (χ2n) is 6.67. The zero-order valence-corrected chi connectivity index (χ0v) is 18.2. The van der Waals surface area contributed by atoms with Crippen molar-refractivity contribution in [3.05, 3.63) is 0 Å². The van der Waals surface area contributed by atoms with Crippen LogP contribution in [-0.4, -0.2) is 57.3 Å². The summed E-state index contributed by atoms with van der Waals surface area (Å²) in [4.78, 5) is 36.9. The average molecular weight is 433 g/mol. The maximum atomic E-state index is 10.7. The largest absolute Gasteiger partial charge is 0.469 e. The molecule has 0 rings (SSSR count). The van der Waals surface area contributed by atoms with E-state index < -0.39 is 15.6 Å². The highest BCUT2D eigenvalue weighted by Crippen LogP contribution is 2.36. The van der Waals surface area contributed by atoms with E-state index in [-0.39, 0.29) is 13.2 Å². The lowest BCUT2D eigenvalue weighted by Gasteiger charge is -2.22. The van der Waals surface area contributed by atoms with Crippen LogP contribution in [0.15, 0.2) is 0 Å². The van der Waals surface area contributed by atoms with Crippen LogP contribution in [0.5, 0.6) is 0 Å². The molecular weight excluding hydrogens is 396 g/mol. The molecule has 11 heteroatoms. The highest BCUT2D eigenvalue weighted by atomic mass is 31.2. The van der Waals surface area contributed by atoms with Gasteiger partial charge in [0.05, 0.1) is 13.2 Å². The Morgan fingerprint density at radius 1 is 0.630 bits per heavy atom. The lowest BCUT2D eigenvalue weighted by Crippen LogP contribution is -2.28. The normalized spacial score (nSPS) is 12.8. The van der Waals surface area contributed by atoms with E-state index in [0.717, 1.165) is 19.4 Å². The fraction of sp³-hybridized carbons (Fsp3) is 1.00. The van der Waals surface area contributed by atoms with E-state index in [2.05, 4.69) is 20.9 Å². The molecule has 0 aliphatic heterocycles. The minimum Gasteiger partial charge on any atom is -0.303 e. The number of unbranched alkanes of at least 4 members (excludes halogenated alkanes) is 7. The van der Waals surface area contributed by atoms with Crippen molar-refractivity contribution in [2.24, 2.45) is 0 Å². The summed E-state index contributed by atoms with van der Waals surface area (Å²) in [5, 5.41) is 0. The minimum absolute atomic E-state index is 0.0306. The van der Waals surface area contributed by atoms with E-state index in [1.807, 2.05) is 0 Å². The molecule has 0 aromatic rings. The molecule has 0 unspecified atom stereocenters. The summed E-state index contributed by atoms with van der Waals surface area (Å²) in [6, 6.07) is 0. The summed E-state index contributed by atoms with van der Waals surface area (Å²) in [7, 11) is -8.88. The van der Waals surface area contributed by atoms with Gasteiger partial charge in [-0.2, -0.15) is 0 Å². The van der Waals surface area contributed by atoms with Gasteiger partial charge in [0.1, 0.15) is 0 Å². The van der Waals surface area contributed by atoms with Crippen molar-refractivity contribution in [1.82, 2.24) is 4.90 Å². The van der Waals surface area contributed by atoms with Gasteiger partial charge in [-0.3, -0.25) is 9.05 Å². The summed E-state index contributed by atoms with van der Waals surface area (Å²) in [5.74, 6) is 0. The van der Waals surface area contributed by atoms with E-state index in [4.69, 9.17) is 19.6 Å². The van der Waals surface area contributed by atoms with Gasteiger partial charge in [0.2, 0.25) is 0 Å². The molecular formula is C16H37NO8P2. The van der Waals surface area contributed by atoms with E-state index in [1.165, 1.54) is 38.5 Å². The number of phosphoric acid groups is 2. The van der Waals surface area contributed by atoms with Crippen LogP contribution in [0.4, 0.5) is 0 Å². The van der Waals surface area contributed by atoms with E-state index >= 15 is 0 Å². The van der Waals surface area contributed by atoms with Gasteiger partial charge in [-0.1, -0.05) is 51.9 Å². The zero-order chi connectivity index (χ0) is 20.6. The van der Waals surface area contributed by atoms with Crippen molar-refractivity contribution in [2.45, 2.75) is 71.1 Å². The zero-order valence-electron chi connectivity index (χ0n) is 16.4. The predicted octanol–water partition coefficient (Wildman–Crippen LogP) is 3.43. The SMILES string of the molecule is CCCCCCCCCCN(CCCOP(=O)(O)O)CCCOP(=O)(O)O. The fourth-order valence-electron chi connectivity index (χ4n) is 2.75. The topological polar surface area (TPSA) is 137 Å². The van der Waals surface area contributed by atoms with Crippen molar-refractivity contribution in [3.8, 4) is 0 Å². The molecule has 0 aliphatic carbocycles. The number of nitrogens with zero attached hydrogens (tertiary/aromatic N) is 1. The van der Waals surface area contributed by atoms with Crippen molar-refractivity contribution in [2.75, 3.05) is 32.8 Å². The monoisotopic (exact) mass is 433 g/mol. The molecule has 0 radical (unpaired) electrons. The summed E-state index contributed by atoms with van der Waals surface area (Å²) in [6.45, 7) is 4.18. The van der Waals surface area contributed by atoms with Gasteiger partial charge in [0, 0.05) is 13.1 Å². The fourth-order valence-corrected chi connectivity index (χ4v) is 3.48. The Balaban J connectivity index is 4.00. The Hall–Kier alpha value is 0.180. The Labute approximate surface area is 162 Å². The highest BCUT2D eigenvalue weighted by Gasteiger charge is 2.15. The molecule has 0 fully saturated rings. The maximum absolute atomic E-state index is 10.7. The number of rotatable bonds is 19. The van der Waals surface area contributed by atoms with E-state index in [0.29, 0.717) is 25.9 Å². The van der Waals surface area contributed by atoms with Crippen LogP contribution in [0.25, 0.3) is 0 Å². The minimum atomic E-state index is -4.44. The number of hydrogen-bond donors (Lipinski definition) is 4. The molecule has 0 atom stereocenters. The first-order chi connectivity index (χ1) is 12.6. The standard InChI is InChI=1S/C16H37NO8P2/c1-2-3-4-5-6-7-8-9-12-17(13-10-15-24-26(18,19)20)14-11-16-25-27(21,22)23/h2-16H2,1H3,(H2,18,19,20)(H2,21,22,23). The van der Waals surface area contributed by atoms with Gasteiger partial charge >= 0.3 is 15.6 Å². The molecule has 27 heavy (non-hydrogen) atoms. The summed E-state index contributed by atoms with van der Waals surface area (Å²) in [5.41, 5.74) is 0. The number of hydrogen-bond acceptors (Lipinski definition) is 5. The molecule has 0 amide bonds. The van der Waals surface area contributed by atoms with Crippen LogP contribution in [0.2, 0.25) is 0 Å². The quantitative estimate of drug-likeness (QED) is 0.178. The lowest BCUT2D eigenvalue weighted by atomic mass is 10.1. The molecule has 0 aromatic carbocycles. The first kappa shape index (κ1) is 27.2. The third-order valence-electron chi connectivity index (χ3n) is 4.08. The third kappa shape index (κ3) is 22.3. The molecule has 0 bridgehead atoms. The first-order valence-electron chi connectivity index (χ1n) is 9.76. The van der Waals surface area contributed by atoms with Crippen LogP contribution < -0.4 is 0 Å². The average Bonchev–Trinajstić information content (AvgIpc) is 2.55. The van der Waals surface area contributed by atoms with Crippen molar-refractivity contribution < 1.29 is 37.8 Å². The van der Waals surface area contributed by atoms with Gasteiger partial charge < -0.3 is 24.5 Å². The third-order valence-corrected chi connectivity index (χ3v) is 5.12. The molecule has 0 heterocycles. The lowest BCUT2D eigenvalue weighted by molar-refractivity contribution is 0.165. The molecule has 4 N–H and O–H groups in total. The molecule has 0 aliphatic rings. The molecule has 164 valence electrons. The van der Waals surface area contributed by atoms with Crippen LogP contribution in [0.3, 0.4) is 0 Å². The van der Waals surface area contributed by atoms with Gasteiger partial charge in [-0.05, 0) is 25.8 Å². The summed E-state index contributed by atoms with van der Waals surface area (Å²) < 4.78 is 30.3. The Bertz CT molecular complexity index is 410. The van der Waals surface area contributed by atoms with Crippen LogP contribution >= 0.6 is 15.6 Å². The second-order valence-corrected chi connectivity index (χ2v) is 9.15. The van der Waals surface area contributed by atoms with Gasteiger partial charge in [-0.15, -0.1) is 0 Å². The molecule has 0 saturated carbocycles. The first-order valence-corrected chi connectivity index (χ1v) is 12.8. The number of phosphoric ester groups is 2. The van der Waals surface area contributed by atoms with Crippen LogP contribution in [0.1, 0.15) is 71.1 Å². The summed E-state index contributed by atoms with van der Waals surface area (Å²) in [6.07, 6.45) is 10.6. The maximum Gasteiger partial charge on any atom is 0.469 e. The molecule has 0 saturated heterocycles. The van der Waals surface area contributed by atoms with E-state index in [1.54, 1.807) is 0 Å². The summed E-state index contributed by atoms with van der Waals surface area (Å²) >= 11 is 0. The predicted molar refractivity (Wildman–Crippen MR) is 104 cm³/mol. The Morgan fingerprint density at radius 3 is 1.41 bits per heavy atom. The van der Waals surface area contributed by atoms with Crippen molar-refractivity contribution >= 4 is 15.6 Å². The molecule has 0 aromatic heterocycles. The van der Waals surface area contributed by atoms with Gasteiger partial charge in [0.15, 0.2) is 0 Å².